The maximum atomic E-state index is 11.4. The molecule has 2 rings (SSSR count). The number of carbonyl (C=O) groups excluding carboxylic acids is 1. The van der Waals surface area contributed by atoms with Crippen LogP contribution in [0.5, 0.6) is 5.75 Å². The van der Waals surface area contributed by atoms with Crippen LogP contribution >= 0.6 is 0 Å². The van der Waals surface area contributed by atoms with Crippen LogP contribution in [0.15, 0.2) is 18.2 Å². The molecule has 0 spiro atoms. The van der Waals surface area contributed by atoms with E-state index in [1.54, 1.807) is 0 Å². The van der Waals surface area contributed by atoms with E-state index in [1.807, 2.05) is 18.2 Å². The fraction of sp³-hybridized carbons (Fsp3) is 0.632. The van der Waals surface area contributed by atoms with Crippen molar-refractivity contribution in [3.05, 3.63) is 18.2 Å². The van der Waals surface area contributed by atoms with E-state index >= 15 is 0 Å². The van der Waals surface area contributed by atoms with Gasteiger partial charge in [-0.15, -0.1) is 0 Å². The summed E-state index contributed by atoms with van der Waals surface area (Å²) in [6.45, 7) is 12.4. The van der Waals surface area contributed by atoms with Crippen molar-refractivity contribution in [3.63, 3.8) is 0 Å². The number of aliphatic hydroxyl groups excluding tert-OH is 1. The molecule has 1 aromatic carbocycles. The molecule has 1 aliphatic rings. The van der Waals surface area contributed by atoms with Crippen molar-refractivity contribution < 1.29 is 19.1 Å². The van der Waals surface area contributed by atoms with Gasteiger partial charge in [0.25, 0.3) is 5.91 Å². The summed E-state index contributed by atoms with van der Waals surface area (Å²) in [5, 5.41) is 16.4. The molecule has 0 saturated heterocycles. The van der Waals surface area contributed by atoms with Crippen molar-refractivity contribution in [1.82, 2.24) is 0 Å². The van der Waals surface area contributed by atoms with Crippen molar-refractivity contribution in [2.45, 2.75) is 57.8 Å². The lowest BCUT2D eigenvalue weighted by Gasteiger charge is -2.36. The highest BCUT2D eigenvalue weighted by Crippen LogP contribution is 2.36. The van der Waals surface area contributed by atoms with Crippen molar-refractivity contribution in [1.29, 1.82) is 0 Å². The van der Waals surface area contributed by atoms with Gasteiger partial charge in [-0.2, -0.15) is 0 Å². The Morgan fingerprint density at radius 3 is 2.81 bits per heavy atom. The summed E-state index contributed by atoms with van der Waals surface area (Å²) in [5.74, 6) is 0.509. The third-order valence-electron chi connectivity index (χ3n) is 5.11. The Morgan fingerprint density at radius 1 is 1.38 bits per heavy atom. The Kier molecular flexibility index (Phi) is 6.71. The van der Waals surface area contributed by atoms with E-state index in [9.17, 15) is 9.90 Å². The van der Waals surface area contributed by atoms with E-state index in [-0.39, 0.29) is 17.6 Å². The summed E-state index contributed by atoms with van der Waals surface area (Å²) >= 11 is 0. The molecule has 1 atom stereocenters. The zero-order chi connectivity index (χ0) is 19.4. The SMILES string of the molecule is CC(C)(C)[Si](C)(C)OCCCC(O)CNc1ccc2c(c1)NC(=O)CO2. The molecule has 1 unspecified atom stereocenters. The lowest BCUT2D eigenvalue weighted by Crippen LogP contribution is -2.41. The van der Waals surface area contributed by atoms with Crippen LogP contribution in [0.3, 0.4) is 0 Å². The Bertz CT molecular complexity index is 628. The molecule has 1 aliphatic heterocycles. The van der Waals surface area contributed by atoms with Gasteiger partial charge in [0, 0.05) is 18.8 Å². The monoisotopic (exact) mass is 380 g/mol. The summed E-state index contributed by atoms with van der Waals surface area (Å²) in [7, 11) is -1.71. The second kappa shape index (κ2) is 8.41. The van der Waals surface area contributed by atoms with Gasteiger partial charge in [0.15, 0.2) is 14.9 Å². The highest BCUT2D eigenvalue weighted by molar-refractivity contribution is 6.74. The van der Waals surface area contributed by atoms with Gasteiger partial charge in [0.05, 0.1) is 11.8 Å². The van der Waals surface area contributed by atoms with Crippen LogP contribution in [-0.4, -0.2) is 45.2 Å². The molecule has 3 N–H and O–H groups in total. The van der Waals surface area contributed by atoms with Gasteiger partial charge < -0.3 is 24.9 Å². The maximum absolute atomic E-state index is 11.4. The summed E-state index contributed by atoms with van der Waals surface area (Å²) in [6.07, 6.45) is 1.08. The van der Waals surface area contributed by atoms with Crippen LogP contribution in [0, 0.1) is 0 Å². The van der Waals surface area contributed by atoms with Crippen molar-refractivity contribution in [3.8, 4) is 5.75 Å². The number of fused-ring (bicyclic) bond motifs is 1. The smallest absolute Gasteiger partial charge is 0.262 e. The molecule has 1 aromatic rings. The number of ether oxygens (including phenoxy) is 1. The molecule has 1 heterocycles. The first-order valence-electron chi connectivity index (χ1n) is 9.21. The molecule has 0 radical (unpaired) electrons. The van der Waals surface area contributed by atoms with Crippen LogP contribution < -0.4 is 15.4 Å². The Labute approximate surface area is 157 Å². The predicted molar refractivity (Wildman–Crippen MR) is 107 cm³/mol. The lowest BCUT2D eigenvalue weighted by molar-refractivity contribution is -0.118. The van der Waals surface area contributed by atoms with Gasteiger partial charge in [-0.05, 0) is 49.2 Å². The Balaban J connectivity index is 1.71. The highest BCUT2D eigenvalue weighted by atomic mass is 28.4. The van der Waals surface area contributed by atoms with Crippen LogP contribution in [0.2, 0.25) is 18.1 Å². The normalized spacial score (nSPS) is 15.7. The van der Waals surface area contributed by atoms with Crippen LogP contribution in [-0.2, 0) is 9.22 Å². The molecule has 7 heteroatoms. The average Bonchev–Trinajstić information content (AvgIpc) is 2.55. The van der Waals surface area contributed by atoms with Gasteiger partial charge in [-0.25, -0.2) is 0 Å². The van der Waals surface area contributed by atoms with Gasteiger partial charge in [-0.3, -0.25) is 4.79 Å². The number of amides is 1. The standard InChI is InChI=1S/C19H32N2O4Si/c1-19(2,3)26(4,5)25-10-6-7-15(22)12-20-14-8-9-17-16(11-14)21-18(23)13-24-17/h8-9,11,15,20,22H,6-7,10,12-13H2,1-5H3,(H,21,23). The first-order chi connectivity index (χ1) is 12.1. The minimum atomic E-state index is -1.71. The molecule has 0 bridgehead atoms. The highest BCUT2D eigenvalue weighted by Gasteiger charge is 2.36. The summed E-state index contributed by atoms with van der Waals surface area (Å²) < 4.78 is 11.5. The third kappa shape index (κ3) is 5.72. The molecule has 146 valence electrons. The summed E-state index contributed by atoms with van der Waals surface area (Å²) in [6, 6.07) is 5.51. The van der Waals surface area contributed by atoms with E-state index in [0.29, 0.717) is 31.0 Å². The number of nitrogens with one attached hydrogen (secondary N) is 2. The molecule has 26 heavy (non-hydrogen) atoms. The van der Waals surface area contributed by atoms with Crippen LogP contribution in [0.1, 0.15) is 33.6 Å². The molecule has 0 aromatic heterocycles. The van der Waals surface area contributed by atoms with Gasteiger partial charge in [0.2, 0.25) is 0 Å². The number of hydrogen-bond donors (Lipinski definition) is 3. The zero-order valence-electron chi connectivity index (χ0n) is 16.5. The molecular weight excluding hydrogens is 348 g/mol. The minimum Gasteiger partial charge on any atom is -0.482 e. The first-order valence-corrected chi connectivity index (χ1v) is 12.1. The van der Waals surface area contributed by atoms with Gasteiger partial charge in [0.1, 0.15) is 5.75 Å². The molecule has 6 nitrogen and oxygen atoms in total. The lowest BCUT2D eigenvalue weighted by atomic mass is 10.2. The van der Waals surface area contributed by atoms with Gasteiger partial charge in [-0.1, -0.05) is 20.8 Å². The number of hydrogen-bond acceptors (Lipinski definition) is 5. The van der Waals surface area contributed by atoms with E-state index in [4.69, 9.17) is 9.16 Å². The summed E-state index contributed by atoms with van der Waals surface area (Å²) in [4.78, 5) is 11.4. The minimum absolute atomic E-state index is 0.0510. The quantitative estimate of drug-likeness (QED) is 0.474. The van der Waals surface area contributed by atoms with Crippen molar-refractivity contribution >= 4 is 25.6 Å². The maximum Gasteiger partial charge on any atom is 0.262 e. The molecule has 0 aliphatic carbocycles. The molecule has 0 saturated carbocycles. The summed E-state index contributed by atoms with van der Waals surface area (Å²) in [5.41, 5.74) is 1.50. The third-order valence-corrected chi connectivity index (χ3v) is 9.64. The zero-order valence-corrected chi connectivity index (χ0v) is 17.5. The van der Waals surface area contributed by atoms with Crippen molar-refractivity contribution in [2.75, 3.05) is 30.4 Å². The van der Waals surface area contributed by atoms with Crippen molar-refractivity contribution in [2.24, 2.45) is 0 Å². The largest absolute Gasteiger partial charge is 0.482 e. The number of aliphatic hydroxyl groups is 1. The fourth-order valence-corrected chi connectivity index (χ4v) is 3.48. The Morgan fingerprint density at radius 2 is 2.12 bits per heavy atom. The van der Waals surface area contributed by atoms with Gasteiger partial charge >= 0.3 is 0 Å². The van der Waals surface area contributed by atoms with E-state index in [2.05, 4.69) is 44.5 Å². The number of rotatable bonds is 8. The number of anilines is 2. The molecule has 0 fully saturated rings. The van der Waals surface area contributed by atoms with Crippen LogP contribution in [0.25, 0.3) is 0 Å². The Hall–Kier alpha value is -1.57. The second-order valence-electron chi connectivity index (χ2n) is 8.33. The number of benzene rings is 1. The molecular formula is C19H32N2O4Si. The second-order valence-corrected chi connectivity index (χ2v) is 13.1. The van der Waals surface area contributed by atoms with E-state index < -0.39 is 14.4 Å². The van der Waals surface area contributed by atoms with Crippen LogP contribution in [0.4, 0.5) is 11.4 Å². The van der Waals surface area contributed by atoms with E-state index in [1.165, 1.54) is 0 Å². The first kappa shape index (κ1) is 20.7. The average molecular weight is 381 g/mol. The fourth-order valence-electron chi connectivity index (χ4n) is 2.39. The predicted octanol–water partition coefficient (Wildman–Crippen LogP) is 3.59. The van der Waals surface area contributed by atoms with E-state index in [0.717, 1.165) is 12.1 Å². The molecule has 1 amide bonds. The topological polar surface area (TPSA) is 79.8 Å². The number of carbonyl (C=O) groups is 1.